The molecule has 114 valence electrons. The molecule has 2 unspecified atom stereocenters. The Morgan fingerprint density at radius 2 is 2.29 bits per heavy atom. The fourth-order valence-electron chi connectivity index (χ4n) is 2.72. The summed E-state index contributed by atoms with van der Waals surface area (Å²) >= 11 is 3.46. The van der Waals surface area contributed by atoms with E-state index in [1.165, 1.54) is 19.2 Å². The zero-order valence-electron chi connectivity index (χ0n) is 11.7. The van der Waals surface area contributed by atoms with Crippen LogP contribution in [0.2, 0.25) is 0 Å². The molecule has 7 heteroatoms. The SMILES string of the molecule is COc1c(C(=O)NC2CCCC2CBr)cccc1[N+](=O)[O-]. The molecule has 0 radical (unpaired) electrons. The molecule has 2 atom stereocenters. The first-order valence-electron chi connectivity index (χ1n) is 6.76. The van der Waals surface area contributed by atoms with Gasteiger partial charge in [-0.3, -0.25) is 14.9 Å². The van der Waals surface area contributed by atoms with Gasteiger partial charge in [0.15, 0.2) is 0 Å². The van der Waals surface area contributed by atoms with Crippen molar-refractivity contribution in [3.05, 3.63) is 33.9 Å². The van der Waals surface area contributed by atoms with Gasteiger partial charge in [-0.2, -0.15) is 0 Å². The Labute approximate surface area is 131 Å². The van der Waals surface area contributed by atoms with E-state index in [1.54, 1.807) is 6.07 Å². The fourth-order valence-corrected chi connectivity index (χ4v) is 3.49. The number of benzene rings is 1. The molecule has 1 saturated carbocycles. The molecular weight excluding hydrogens is 340 g/mol. The Morgan fingerprint density at radius 3 is 2.90 bits per heavy atom. The lowest BCUT2D eigenvalue weighted by atomic mass is 10.1. The molecule has 1 aromatic rings. The number of alkyl halides is 1. The van der Waals surface area contributed by atoms with Crippen LogP contribution in [0.1, 0.15) is 29.6 Å². The molecule has 1 N–H and O–H groups in total. The van der Waals surface area contributed by atoms with Gasteiger partial charge < -0.3 is 10.1 Å². The monoisotopic (exact) mass is 356 g/mol. The van der Waals surface area contributed by atoms with Gasteiger partial charge in [0, 0.05) is 17.4 Å². The second-order valence-electron chi connectivity index (χ2n) is 5.04. The van der Waals surface area contributed by atoms with Crippen LogP contribution in [-0.2, 0) is 0 Å². The lowest BCUT2D eigenvalue weighted by Gasteiger charge is -2.19. The van der Waals surface area contributed by atoms with Gasteiger partial charge >= 0.3 is 5.69 Å². The third-order valence-corrected chi connectivity index (χ3v) is 4.65. The topological polar surface area (TPSA) is 81.5 Å². The van der Waals surface area contributed by atoms with Crippen LogP contribution in [0.5, 0.6) is 5.75 Å². The molecule has 0 aliphatic heterocycles. The number of halogens is 1. The highest BCUT2D eigenvalue weighted by Crippen LogP contribution is 2.32. The first-order chi connectivity index (χ1) is 10.1. The minimum Gasteiger partial charge on any atom is -0.490 e. The van der Waals surface area contributed by atoms with E-state index in [9.17, 15) is 14.9 Å². The standard InChI is InChI=1S/C14H17BrN2O4/c1-21-13-10(5-3-7-12(13)17(19)20)14(18)16-11-6-2-4-9(11)8-15/h3,5,7,9,11H,2,4,6,8H2,1H3,(H,16,18). The van der Waals surface area contributed by atoms with E-state index in [0.717, 1.165) is 24.6 Å². The van der Waals surface area contributed by atoms with E-state index in [4.69, 9.17) is 4.74 Å². The maximum absolute atomic E-state index is 12.4. The van der Waals surface area contributed by atoms with Crippen molar-refractivity contribution in [2.45, 2.75) is 25.3 Å². The van der Waals surface area contributed by atoms with Crippen LogP contribution in [0, 0.1) is 16.0 Å². The second kappa shape index (κ2) is 6.89. The summed E-state index contributed by atoms with van der Waals surface area (Å²) in [5.41, 5.74) is 0.000496. The van der Waals surface area contributed by atoms with Gasteiger partial charge in [0.1, 0.15) is 0 Å². The van der Waals surface area contributed by atoms with Crippen molar-refractivity contribution in [2.24, 2.45) is 5.92 Å². The first-order valence-corrected chi connectivity index (χ1v) is 7.88. The molecular formula is C14H17BrN2O4. The second-order valence-corrected chi connectivity index (χ2v) is 5.69. The van der Waals surface area contributed by atoms with E-state index in [2.05, 4.69) is 21.2 Å². The average molecular weight is 357 g/mol. The molecule has 1 amide bonds. The van der Waals surface area contributed by atoms with E-state index in [0.29, 0.717) is 5.92 Å². The largest absolute Gasteiger partial charge is 0.490 e. The Hall–Kier alpha value is -1.63. The molecule has 21 heavy (non-hydrogen) atoms. The molecule has 6 nitrogen and oxygen atoms in total. The molecule has 0 saturated heterocycles. The predicted molar refractivity (Wildman–Crippen MR) is 82.0 cm³/mol. The van der Waals surface area contributed by atoms with Crippen LogP contribution < -0.4 is 10.1 Å². The van der Waals surface area contributed by atoms with Gasteiger partial charge in [0.25, 0.3) is 5.91 Å². The normalized spacial score (nSPS) is 21.0. The summed E-state index contributed by atoms with van der Waals surface area (Å²) in [4.78, 5) is 22.8. The quantitative estimate of drug-likeness (QED) is 0.499. The maximum Gasteiger partial charge on any atom is 0.311 e. The summed E-state index contributed by atoms with van der Waals surface area (Å²) in [5, 5.41) is 14.8. The fraction of sp³-hybridized carbons (Fsp3) is 0.500. The van der Waals surface area contributed by atoms with Crippen LogP contribution in [-0.4, -0.2) is 29.3 Å². The number of nitrogens with one attached hydrogen (secondary N) is 1. The molecule has 0 spiro atoms. The zero-order valence-corrected chi connectivity index (χ0v) is 13.3. The Morgan fingerprint density at radius 1 is 1.52 bits per heavy atom. The van der Waals surface area contributed by atoms with E-state index in [-0.39, 0.29) is 28.9 Å². The number of nitro benzene ring substituents is 1. The number of rotatable bonds is 5. The van der Waals surface area contributed by atoms with Gasteiger partial charge in [-0.1, -0.05) is 28.4 Å². The minimum absolute atomic E-state index is 0.00777. The van der Waals surface area contributed by atoms with Gasteiger partial charge in [-0.05, 0) is 24.8 Å². The highest BCUT2D eigenvalue weighted by Gasteiger charge is 2.30. The first kappa shape index (κ1) is 15.8. The Kier molecular flexibility index (Phi) is 5.17. The van der Waals surface area contributed by atoms with E-state index >= 15 is 0 Å². The summed E-state index contributed by atoms with van der Waals surface area (Å²) in [5.74, 6) is 0.0837. The number of para-hydroxylation sites is 1. The summed E-state index contributed by atoms with van der Waals surface area (Å²) in [6, 6.07) is 4.46. The number of hydrogen-bond acceptors (Lipinski definition) is 4. The van der Waals surface area contributed by atoms with Crippen LogP contribution in [0.15, 0.2) is 18.2 Å². The average Bonchev–Trinajstić information content (AvgIpc) is 2.93. The number of hydrogen-bond donors (Lipinski definition) is 1. The number of methoxy groups -OCH3 is 1. The van der Waals surface area contributed by atoms with Crippen molar-refractivity contribution in [3.8, 4) is 5.75 Å². The van der Waals surface area contributed by atoms with Gasteiger partial charge in [-0.15, -0.1) is 0 Å². The van der Waals surface area contributed by atoms with Crippen LogP contribution in [0.3, 0.4) is 0 Å². The molecule has 0 bridgehead atoms. The number of nitrogens with zero attached hydrogens (tertiary/aromatic N) is 1. The highest BCUT2D eigenvalue weighted by atomic mass is 79.9. The van der Waals surface area contributed by atoms with Crippen molar-refractivity contribution in [1.29, 1.82) is 0 Å². The number of nitro groups is 1. The van der Waals surface area contributed by atoms with Gasteiger partial charge in [-0.25, -0.2) is 0 Å². The highest BCUT2D eigenvalue weighted by molar-refractivity contribution is 9.09. The van der Waals surface area contributed by atoms with Crippen molar-refractivity contribution < 1.29 is 14.5 Å². The smallest absolute Gasteiger partial charge is 0.311 e. The third kappa shape index (κ3) is 3.34. The van der Waals surface area contributed by atoms with E-state index < -0.39 is 4.92 Å². The maximum atomic E-state index is 12.4. The molecule has 1 fully saturated rings. The van der Waals surface area contributed by atoms with Crippen molar-refractivity contribution >= 4 is 27.5 Å². The Bertz CT molecular complexity index is 550. The predicted octanol–water partition coefficient (Wildman–Crippen LogP) is 2.90. The van der Waals surface area contributed by atoms with Gasteiger partial charge in [0.05, 0.1) is 17.6 Å². The minimum atomic E-state index is -0.549. The van der Waals surface area contributed by atoms with Crippen LogP contribution in [0.25, 0.3) is 0 Å². The number of ether oxygens (including phenoxy) is 1. The van der Waals surface area contributed by atoms with Crippen molar-refractivity contribution in [3.63, 3.8) is 0 Å². The van der Waals surface area contributed by atoms with Gasteiger partial charge in [0.2, 0.25) is 5.75 Å². The summed E-state index contributed by atoms with van der Waals surface area (Å²) in [6.45, 7) is 0. The number of carbonyl (C=O) groups excluding carboxylic acids is 1. The molecule has 2 rings (SSSR count). The molecule has 0 aromatic heterocycles. The lowest BCUT2D eigenvalue weighted by molar-refractivity contribution is -0.385. The third-order valence-electron chi connectivity index (χ3n) is 3.81. The Balaban J connectivity index is 2.23. The number of carbonyl (C=O) groups is 1. The molecule has 1 aliphatic rings. The summed E-state index contributed by atoms with van der Waals surface area (Å²) in [7, 11) is 1.33. The summed E-state index contributed by atoms with van der Waals surface area (Å²) in [6.07, 6.45) is 3.08. The van der Waals surface area contributed by atoms with E-state index in [1.807, 2.05) is 0 Å². The number of amides is 1. The molecule has 0 heterocycles. The zero-order chi connectivity index (χ0) is 15.4. The lowest BCUT2D eigenvalue weighted by Crippen LogP contribution is -2.38. The van der Waals surface area contributed by atoms with Crippen molar-refractivity contribution in [2.75, 3.05) is 12.4 Å². The molecule has 1 aromatic carbocycles. The molecule has 1 aliphatic carbocycles. The van der Waals surface area contributed by atoms with Crippen molar-refractivity contribution in [1.82, 2.24) is 5.32 Å². The van der Waals surface area contributed by atoms with Crippen LogP contribution in [0.4, 0.5) is 5.69 Å². The summed E-state index contributed by atoms with van der Waals surface area (Å²) < 4.78 is 5.06. The van der Waals surface area contributed by atoms with Crippen LogP contribution >= 0.6 is 15.9 Å².